The topological polar surface area (TPSA) is 141 Å². The lowest BCUT2D eigenvalue weighted by atomic mass is 10.0. The molecule has 0 spiro atoms. The van der Waals surface area contributed by atoms with Crippen LogP contribution >= 0.6 is 0 Å². The number of benzene rings is 4. The second kappa shape index (κ2) is 15.0. The first-order chi connectivity index (χ1) is 22.8. The van der Waals surface area contributed by atoms with Gasteiger partial charge in [-0.05, 0) is 48.5 Å². The van der Waals surface area contributed by atoms with Gasteiger partial charge < -0.3 is 28.4 Å². The number of carbonyl (C=O) groups excluding carboxylic acids is 5. The summed E-state index contributed by atoms with van der Waals surface area (Å²) in [5, 5.41) is 0. The first kappa shape index (κ1) is 32.6. The van der Waals surface area contributed by atoms with Crippen LogP contribution in [0.4, 0.5) is 0 Å². The van der Waals surface area contributed by atoms with Gasteiger partial charge in [-0.3, -0.25) is 4.79 Å². The fourth-order valence-electron chi connectivity index (χ4n) is 4.89. The van der Waals surface area contributed by atoms with E-state index in [1.54, 1.807) is 84.9 Å². The Morgan fingerprint density at radius 1 is 0.574 bits per heavy atom. The third kappa shape index (κ3) is 8.08. The predicted octanol–water partition coefficient (Wildman–Crippen LogP) is 4.81. The zero-order valence-electron chi connectivity index (χ0n) is 25.2. The Balaban J connectivity index is 1.52. The van der Waals surface area contributed by atoms with Crippen LogP contribution in [-0.2, 0) is 33.2 Å². The molecule has 0 saturated carbocycles. The summed E-state index contributed by atoms with van der Waals surface area (Å²) in [7, 11) is 0. The van der Waals surface area contributed by atoms with Crippen molar-refractivity contribution in [3.63, 3.8) is 0 Å². The average Bonchev–Trinajstić information content (AvgIpc) is 3.37. The van der Waals surface area contributed by atoms with Crippen molar-refractivity contribution in [2.45, 2.75) is 31.0 Å². The highest BCUT2D eigenvalue weighted by Crippen LogP contribution is 2.39. The summed E-state index contributed by atoms with van der Waals surface area (Å²) >= 11 is 0. The molecule has 11 nitrogen and oxygen atoms in total. The van der Waals surface area contributed by atoms with Gasteiger partial charge in [0.1, 0.15) is 12.7 Å². The summed E-state index contributed by atoms with van der Waals surface area (Å²) < 4.78 is 34.6. The van der Waals surface area contributed by atoms with Gasteiger partial charge in [-0.1, -0.05) is 72.8 Å². The molecular weight excluding hydrogens is 608 g/mol. The van der Waals surface area contributed by atoms with Gasteiger partial charge in [0.05, 0.1) is 22.3 Å². The summed E-state index contributed by atoms with van der Waals surface area (Å²) in [6.07, 6.45) is -4.58. The summed E-state index contributed by atoms with van der Waals surface area (Å²) in [6, 6.07) is 32.0. The Morgan fingerprint density at radius 3 is 1.43 bits per heavy atom. The maximum absolute atomic E-state index is 13.4. The quantitative estimate of drug-likeness (QED) is 0.165. The third-order valence-corrected chi connectivity index (χ3v) is 7.06. The van der Waals surface area contributed by atoms with Gasteiger partial charge in [0.2, 0.25) is 6.10 Å². The summed E-state index contributed by atoms with van der Waals surface area (Å²) in [6.45, 7) is -0.237. The van der Waals surface area contributed by atoms with Gasteiger partial charge >= 0.3 is 29.8 Å². The normalized spacial score (nSPS) is 20.0. The van der Waals surface area contributed by atoms with E-state index in [9.17, 15) is 24.0 Å². The largest absolute Gasteiger partial charge is 0.459 e. The van der Waals surface area contributed by atoms with Crippen molar-refractivity contribution >= 4 is 29.8 Å². The first-order valence-corrected chi connectivity index (χ1v) is 14.6. The van der Waals surface area contributed by atoms with E-state index >= 15 is 0 Å². The van der Waals surface area contributed by atoms with E-state index in [1.807, 2.05) is 0 Å². The number of hydrogen-bond donors (Lipinski definition) is 0. The van der Waals surface area contributed by atoms with Crippen LogP contribution in [0, 0.1) is 0 Å². The predicted molar refractivity (Wildman–Crippen MR) is 164 cm³/mol. The van der Waals surface area contributed by atoms with Gasteiger partial charge in [0.25, 0.3) is 5.79 Å². The van der Waals surface area contributed by atoms with Gasteiger partial charge in [-0.25, -0.2) is 19.2 Å². The molecule has 0 bridgehead atoms. The Hall–Kier alpha value is -5.81. The molecule has 4 aromatic rings. The van der Waals surface area contributed by atoms with Crippen LogP contribution < -0.4 is 0 Å². The SMILES string of the molecule is CC(=O)OC1(COC(=O)c2ccccc2)O[C@@H](COC(=O)c2ccccc2)[C@H](OC(=O)c2ccccc2)[C@H]1OC(=O)c1ccccc1. The number of esters is 5. The smallest absolute Gasteiger partial charge is 0.338 e. The van der Waals surface area contributed by atoms with Crippen LogP contribution in [0.2, 0.25) is 0 Å². The van der Waals surface area contributed by atoms with Crippen molar-refractivity contribution in [3.05, 3.63) is 144 Å². The van der Waals surface area contributed by atoms with Crippen molar-refractivity contribution in [3.8, 4) is 0 Å². The Morgan fingerprint density at radius 2 is 0.979 bits per heavy atom. The third-order valence-electron chi connectivity index (χ3n) is 7.06. The molecule has 4 atom stereocenters. The van der Waals surface area contributed by atoms with Crippen molar-refractivity contribution < 1.29 is 52.4 Å². The molecule has 0 amide bonds. The Kier molecular flexibility index (Phi) is 10.4. The Bertz CT molecular complexity index is 1690. The fraction of sp³-hybridized carbons (Fsp3) is 0.194. The van der Waals surface area contributed by atoms with Crippen LogP contribution in [0.25, 0.3) is 0 Å². The zero-order chi connectivity index (χ0) is 33.2. The van der Waals surface area contributed by atoms with Crippen molar-refractivity contribution in [1.29, 1.82) is 0 Å². The molecule has 11 heteroatoms. The van der Waals surface area contributed by atoms with Crippen LogP contribution in [0.15, 0.2) is 121 Å². The zero-order valence-corrected chi connectivity index (χ0v) is 25.2. The number of ether oxygens (including phenoxy) is 6. The van der Waals surface area contributed by atoms with Gasteiger partial charge in [-0.15, -0.1) is 0 Å². The van der Waals surface area contributed by atoms with Crippen LogP contribution in [0.1, 0.15) is 48.4 Å². The van der Waals surface area contributed by atoms with E-state index in [0.717, 1.165) is 6.92 Å². The highest BCUT2D eigenvalue weighted by molar-refractivity contribution is 5.91. The number of rotatable bonds is 11. The maximum atomic E-state index is 13.4. The van der Waals surface area contributed by atoms with E-state index in [-0.39, 0.29) is 22.3 Å². The van der Waals surface area contributed by atoms with E-state index in [4.69, 9.17) is 28.4 Å². The van der Waals surface area contributed by atoms with E-state index in [2.05, 4.69) is 0 Å². The van der Waals surface area contributed by atoms with Crippen molar-refractivity contribution in [2.24, 2.45) is 0 Å². The lowest BCUT2D eigenvalue weighted by Crippen LogP contribution is -2.53. The molecule has 1 saturated heterocycles. The molecule has 1 aliphatic rings. The van der Waals surface area contributed by atoms with Crippen LogP contribution in [0.5, 0.6) is 0 Å². The lowest BCUT2D eigenvalue weighted by molar-refractivity contribution is -0.262. The van der Waals surface area contributed by atoms with Crippen molar-refractivity contribution in [1.82, 2.24) is 0 Å². The molecule has 0 radical (unpaired) electrons. The molecule has 1 unspecified atom stereocenters. The highest BCUT2D eigenvalue weighted by Gasteiger charge is 2.63. The minimum absolute atomic E-state index is 0.123. The van der Waals surface area contributed by atoms with Gasteiger partial charge in [-0.2, -0.15) is 0 Å². The van der Waals surface area contributed by atoms with Crippen LogP contribution in [-0.4, -0.2) is 67.2 Å². The molecule has 0 N–H and O–H groups in total. The molecule has 240 valence electrons. The monoisotopic (exact) mass is 638 g/mol. The molecule has 0 aromatic heterocycles. The molecule has 1 fully saturated rings. The fourth-order valence-corrected chi connectivity index (χ4v) is 4.89. The first-order valence-electron chi connectivity index (χ1n) is 14.6. The molecule has 47 heavy (non-hydrogen) atoms. The number of hydrogen-bond acceptors (Lipinski definition) is 11. The minimum atomic E-state index is -2.33. The molecule has 5 rings (SSSR count). The summed E-state index contributed by atoms with van der Waals surface area (Å²) in [4.78, 5) is 65.2. The standard InChI is InChI=1S/C36H30O11/c1-24(37)46-36(23-43-33(39)26-16-8-3-9-17-26)31(45-35(41)28-20-12-5-13-21-28)30(44-34(40)27-18-10-4-11-19-27)29(47-36)22-42-32(38)25-14-6-2-7-15-25/h2-21,29-31H,22-23H2,1H3/t29-,30-,31+,36?/m0/s1. The summed E-state index contributed by atoms with van der Waals surface area (Å²) in [5.74, 6) is -6.46. The van der Waals surface area contributed by atoms with Crippen molar-refractivity contribution in [2.75, 3.05) is 13.2 Å². The van der Waals surface area contributed by atoms with Gasteiger partial charge in [0, 0.05) is 6.92 Å². The molecule has 1 heterocycles. The van der Waals surface area contributed by atoms with E-state index < -0.39 is 67.2 Å². The highest BCUT2D eigenvalue weighted by atomic mass is 16.8. The second-order valence-electron chi connectivity index (χ2n) is 10.4. The Labute approximate surface area is 269 Å². The van der Waals surface area contributed by atoms with E-state index in [0.29, 0.717) is 0 Å². The van der Waals surface area contributed by atoms with Gasteiger partial charge in [0.15, 0.2) is 12.7 Å². The molecule has 0 aliphatic carbocycles. The average molecular weight is 639 g/mol. The van der Waals surface area contributed by atoms with E-state index in [1.165, 1.54) is 36.4 Å². The molecule has 1 aliphatic heterocycles. The second-order valence-corrected chi connectivity index (χ2v) is 10.4. The van der Waals surface area contributed by atoms with Crippen LogP contribution in [0.3, 0.4) is 0 Å². The lowest BCUT2D eigenvalue weighted by Gasteiger charge is -2.33. The number of carbonyl (C=O) groups is 5. The minimum Gasteiger partial charge on any atom is -0.459 e. The summed E-state index contributed by atoms with van der Waals surface area (Å²) in [5.41, 5.74) is 0.693. The molecular formula is C36H30O11. The maximum Gasteiger partial charge on any atom is 0.338 e. The molecule has 4 aromatic carbocycles.